The number of halogens is 2. The zero-order chi connectivity index (χ0) is 36.3. The van der Waals surface area contributed by atoms with Crippen LogP contribution in [0, 0.1) is 24.5 Å². The van der Waals surface area contributed by atoms with Crippen molar-refractivity contribution in [1.29, 1.82) is 0 Å². The third-order valence-corrected chi connectivity index (χ3v) is 10.2. The summed E-state index contributed by atoms with van der Waals surface area (Å²) in [4.78, 5) is 53.6. The molecule has 2 aromatic carbocycles. The van der Waals surface area contributed by atoms with E-state index in [0.29, 0.717) is 50.9 Å². The molecule has 0 atom stereocenters. The molecule has 272 valence electrons. The molecule has 1 aliphatic rings. The fourth-order valence-electron chi connectivity index (χ4n) is 6.66. The smallest absolute Gasteiger partial charge is 0.311 e. The third-order valence-electron chi connectivity index (χ3n) is 9.34. The van der Waals surface area contributed by atoms with E-state index in [1.165, 1.54) is 11.3 Å². The first-order valence-electron chi connectivity index (χ1n) is 17.8. The van der Waals surface area contributed by atoms with Gasteiger partial charge in [0.25, 0.3) is 5.91 Å². The van der Waals surface area contributed by atoms with Crippen molar-refractivity contribution < 1.29 is 32.7 Å². The number of nitrogens with zero attached hydrogens (tertiary/aromatic N) is 2. The molecule has 1 aliphatic carbocycles. The summed E-state index contributed by atoms with van der Waals surface area (Å²) >= 11 is 1.54. The average molecular weight is 721 g/mol. The molecule has 0 aliphatic heterocycles. The Balaban J connectivity index is 1.000. The second-order valence-electron chi connectivity index (χ2n) is 13.2. The number of aromatic nitrogens is 1. The highest BCUT2D eigenvalue weighted by Crippen LogP contribution is 2.28. The molecule has 51 heavy (non-hydrogen) atoms. The van der Waals surface area contributed by atoms with Gasteiger partial charge in [-0.1, -0.05) is 31.4 Å². The van der Waals surface area contributed by atoms with Crippen molar-refractivity contribution in [3.05, 3.63) is 82.9 Å². The number of nitrogens with one attached hydrogen (secondary N) is 2. The minimum atomic E-state index is -0.798. The monoisotopic (exact) mass is 720 g/mol. The van der Waals surface area contributed by atoms with Gasteiger partial charge in [-0.15, -0.1) is 11.3 Å². The number of esters is 1. The van der Waals surface area contributed by atoms with Crippen LogP contribution in [-0.4, -0.2) is 47.4 Å². The predicted octanol–water partition coefficient (Wildman–Crippen LogP) is 7.69. The number of rotatable bonds is 16. The Hall–Kier alpha value is -4.58. The third kappa shape index (κ3) is 10.5. The summed E-state index contributed by atoms with van der Waals surface area (Å²) in [6.07, 6.45) is 6.96. The molecule has 0 bridgehead atoms. The summed E-state index contributed by atoms with van der Waals surface area (Å²) in [5.41, 5.74) is 3.23. The summed E-state index contributed by atoms with van der Waals surface area (Å²) in [7, 11) is 0. The molecule has 0 saturated heterocycles. The molecule has 3 amide bonds. The van der Waals surface area contributed by atoms with Crippen LogP contribution in [0.25, 0.3) is 10.2 Å². The second-order valence-corrected chi connectivity index (χ2v) is 14.1. The summed E-state index contributed by atoms with van der Waals surface area (Å²) in [5, 5.41) is 8.18. The molecule has 2 N–H and O–H groups in total. The van der Waals surface area contributed by atoms with Crippen LogP contribution in [0.3, 0.4) is 0 Å². The van der Waals surface area contributed by atoms with Gasteiger partial charge in [-0.3, -0.25) is 19.2 Å². The van der Waals surface area contributed by atoms with Gasteiger partial charge in [-0.2, -0.15) is 0 Å². The van der Waals surface area contributed by atoms with Gasteiger partial charge in [0, 0.05) is 55.4 Å². The van der Waals surface area contributed by atoms with Gasteiger partial charge >= 0.3 is 5.97 Å². The van der Waals surface area contributed by atoms with Gasteiger partial charge in [-0.25, -0.2) is 8.78 Å². The molecule has 0 radical (unpaired) electrons. The molecule has 0 spiro atoms. The Labute approximate surface area is 301 Å². The van der Waals surface area contributed by atoms with E-state index >= 15 is 0 Å². The predicted molar refractivity (Wildman–Crippen MR) is 195 cm³/mol. The molecular formula is C39H46F2N4O5S. The van der Waals surface area contributed by atoms with Crippen molar-refractivity contribution in [3.8, 4) is 5.75 Å². The number of benzene rings is 2. The number of carbonyl (C=O) groups excluding carboxylic acids is 4. The maximum absolute atomic E-state index is 13.6. The molecule has 0 unspecified atom stereocenters. The van der Waals surface area contributed by atoms with E-state index < -0.39 is 17.6 Å². The van der Waals surface area contributed by atoms with E-state index in [1.54, 1.807) is 4.90 Å². The zero-order valence-electron chi connectivity index (χ0n) is 29.2. The van der Waals surface area contributed by atoms with Crippen molar-refractivity contribution in [2.45, 2.75) is 90.6 Å². The molecular weight excluding hydrogens is 675 g/mol. The number of likely N-dealkylation sites (N-methyl/N-ethyl adjacent to an activating group) is 1. The van der Waals surface area contributed by atoms with Crippen LogP contribution in [0.5, 0.6) is 5.75 Å². The van der Waals surface area contributed by atoms with E-state index in [2.05, 4.69) is 10.6 Å². The number of aryl methyl sites for hydroxylation is 1. The molecule has 1 fully saturated rings. The summed E-state index contributed by atoms with van der Waals surface area (Å²) in [6.45, 7) is 5.08. The number of amides is 3. The van der Waals surface area contributed by atoms with Gasteiger partial charge < -0.3 is 24.8 Å². The fraction of sp³-hybridized carbons (Fsp3) is 0.436. The first-order valence-corrected chi connectivity index (χ1v) is 18.7. The summed E-state index contributed by atoms with van der Waals surface area (Å²) in [5.74, 6) is -2.62. The number of carbonyl (C=O) groups is 4. The normalized spacial score (nSPS) is 15.8. The van der Waals surface area contributed by atoms with Crippen LogP contribution < -0.4 is 20.3 Å². The van der Waals surface area contributed by atoms with E-state index in [9.17, 15) is 28.0 Å². The average Bonchev–Trinajstić information content (AvgIpc) is 3.69. The minimum absolute atomic E-state index is 0.0398. The lowest BCUT2D eigenvalue weighted by atomic mass is 9.85. The lowest BCUT2D eigenvalue weighted by Gasteiger charge is -2.28. The molecule has 1 saturated carbocycles. The van der Waals surface area contributed by atoms with Gasteiger partial charge in [0.1, 0.15) is 29.6 Å². The minimum Gasteiger partial charge on any atom is -0.426 e. The molecule has 9 nitrogen and oxygen atoms in total. The highest BCUT2D eigenvalue weighted by atomic mass is 32.1. The van der Waals surface area contributed by atoms with Crippen LogP contribution in [0.2, 0.25) is 0 Å². The maximum atomic E-state index is 13.6. The Bertz CT molecular complexity index is 1810. The highest BCUT2D eigenvalue weighted by molar-refractivity contribution is 7.17. The number of unbranched alkanes of at least 4 members (excludes halogenated alkanes) is 4. The number of ether oxygens (including phenoxy) is 1. The topological polar surface area (TPSA) is 110 Å². The van der Waals surface area contributed by atoms with Gasteiger partial charge in [0.05, 0.1) is 10.2 Å². The Morgan fingerprint density at radius 1 is 0.922 bits per heavy atom. The Kier molecular flexibility index (Phi) is 13.3. The zero-order valence-corrected chi connectivity index (χ0v) is 30.0. The Morgan fingerprint density at radius 3 is 2.37 bits per heavy atom. The highest BCUT2D eigenvalue weighted by Gasteiger charge is 2.29. The van der Waals surface area contributed by atoms with Crippen molar-refractivity contribution in [1.82, 2.24) is 15.2 Å². The first kappa shape index (κ1) is 37.7. The van der Waals surface area contributed by atoms with Gasteiger partial charge in [0.15, 0.2) is 0 Å². The van der Waals surface area contributed by atoms with Crippen molar-refractivity contribution in [3.63, 3.8) is 0 Å². The lowest BCUT2D eigenvalue weighted by Crippen LogP contribution is -2.42. The molecule has 2 aromatic heterocycles. The summed E-state index contributed by atoms with van der Waals surface area (Å²) in [6, 6.07) is 14.3. The molecule has 4 aromatic rings. The second kappa shape index (κ2) is 18.1. The van der Waals surface area contributed by atoms with Crippen LogP contribution in [-0.2, 0) is 20.9 Å². The lowest BCUT2D eigenvalue weighted by molar-refractivity contribution is -0.134. The van der Waals surface area contributed by atoms with Crippen molar-refractivity contribution in [2.75, 3.05) is 18.0 Å². The number of hydrogen-bond acceptors (Lipinski definition) is 6. The number of hydrogen-bond donors (Lipinski definition) is 2. The number of anilines is 1. The first-order chi connectivity index (χ1) is 24.6. The van der Waals surface area contributed by atoms with Gasteiger partial charge in [-0.05, 0) is 87.6 Å². The Morgan fingerprint density at radius 2 is 1.65 bits per heavy atom. The SMILES string of the molecule is CCN(C(=O)Cn1c(C(=O)NC2CCC(C(=O)NCCCCCCCC(=O)Oc3cc(F)cc(F)c3)CC2)cc2sccc21)c1cccc(C)c1. The number of thiophene rings is 1. The van der Waals surface area contributed by atoms with Crippen molar-refractivity contribution >= 4 is 50.9 Å². The van der Waals surface area contributed by atoms with Crippen LogP contribution in [0.1, 0.15) is 87.2 Å². The van der Waals surface area contributed by atoms with Crippen LogP contribution >= 0.6 is 11.3 Å². The molecule has 5 rings (SSSR count). The standard InChI is InChI=1S/C39H46F2N4O5S/c1-3-44(31-11-9-10-26(2)20-31)36(46)25-45-33-17-19-51-35(33)24-34(45)39(49)43-30-15-13-27(14-16-30)38(48)42-18-8-6-4-5-7-12-37(47)50-32-22-28(40)21-29(41)23-32/h9-11,17,19-24,27,30H,3-8,12-16,18,25H2,1-2H3,(H,42,48)(H,43,49). The van der Waals surface area contributed by atoms with E-state index in [4.69, 9.17) is 4.74 Å². The fourth-order valence-corrected chi connectivity index (χ4v) is 7.49. The van der Waals surface area contributed by atoms with Crippen LogP contribution in [0.15, 0.2) is 60.0 Å². The number of fused-ring (bicyclic) bond motifs is 1. The van der Waals surface area contributed by atoms with Crippen molar-refractivity contribution in [2.24, 2.45) is 5.92 Å². The van der Waals surface area contributed by atoms with E-state index in [1.807, 2.05) is 60.2 Å². The quantitative estimate of drug-likeness (QED) is 0.0701. The van der Waals surface area contributed by atoms with Crippen LogP contribution in [0.4, 0.5) is 14.5 Å². The van der Waals surface area contributed by atoms with Gasteiger partial charge in [0.2, 0.25) is 11.8 Å². The van der Waals surface area contributed by atoms with E-state index in [0.717, 1.165) is 65.3 Å². The molecule has 2 heterocycles. The molecule has 12 heteroatoms. The largest absolute Gasteiger partial charge is 0.426 e. The van der Waals surface area contributed by atoms with E-state index in [-0.39, 0.29) is 48.4 Å². The maximum Gasteiger partial charge on any atom is 0.311 e. The summed E-state index contributed by atoms with van der Waals surface area (Å²) < 4.78 is 34.3.